The molecule has 0 radical (unpaired) electrons. The second-order valence-corrected chi connectivity index (χ2v) is 8.72. The van der Waals surface area contributed by atoms with Crippen LogP contribution in [0.4, 0.5) is 0 Å². The van der Waals surface area contributed by atoms with Crippen LogP contribution in [0.1, 0.15) is 25.1 Å². The summed E-state index contributed by atoms with van der Waals surface area (Å²) < 4.78 is 19.6. The Kier molecular flexibility index (Phi) is 8.58. The first kappa shape index (κ1) is 23.4. The molecule has 166 valence electrons. The molecule has 3 aromatic rings. The van der Waals surface area contributed by atoms with Gasteiger partial charge < -0.3 is 18.8 Å². The van der Waals surface area contributed by atoms with Gasteiger partial charge >= 0.3 is 5.97 Å². The highest BCUT2D eigenvalue weighted by Gasteiger charge is 2.20. The topological polar surface area (TPSA) is 49.7 Å². The van der Waals surface area contributed by atoms with Crippen LogP contribution in [0.25, 0.3) is 10.6 Å². The molecular formula is C24H28ClNO4S. The van der Waals surface area contributed by atoms with Gasteiger partial charge in [-0.2, -0.15) is 0 Å². The Morgan fingerprint density at radius 3 is 2.48 bits per heavy atom. The summed E-state index contributed by atoms with van der Waals surface area (Å²) in [4.78, 5) is 13.2. The van der Waals surface area contributed by atoms with Crippen LogP contribution in [0.3, 0.4) is 0 Å². The quantitative estimate of drug-likeness (QED) is 0.340. The predicted octanol–water partition coefficient (Wildman–Crippen LogP) is 5.77. The molecule has 2 heterocycles. The maximum atomic E-state index is 12.0. The van der Waals surface area contributed by atoms with Crippen LogP contribution in [0.15, 0.2) is 48.5 Å². The highest BCUT2D eigenvalue weighted by Crippen LogP contribution is 2.32. The number of hydrogen-bond acceptors (Lipinski definition) is 5. The van der Waals surface area contributed by atoms with Crippen molar-refractivity contribution in [1.82, 2.24) is 4.57 Å². The number of halogens is 1. The summed E-state index contributed by atoms with van der Waals surface area (Å²) in [7, 11) is 0. The van der Waals surface area contributed by atoms with Crippen molar-refractivity contribution >= 4 is 28.9 Å². The van der Waals surface area contributed by atoms with Crippen LogP contribution in [0, 0.1) is 6.92 Å². The van der Waals surface area contributed by atoms with E-state index in [1.54, 1.807) is 18.3 Å². The van der Waals surface area contributed by atoms with Gasteiger partial charge in [-0.05, 0) is 62.7 Å². The largest absolute Gasteiger partial charge is 0.492 e. The molecule has 0 fully saturated rings. The molecule has 0 spiro atoms. The number of carbonyl (C=O) groups is 1. The first-order valence-electron chi connectivity index (χ1n) is 10.4. The van der Waals surface area contributed by atoms with Gasteiger partial charge in [0.05, 0.1) is 28.1 Å². The smallest absolute Gasteiger partial charge is 0.335 e. The molecule has 7 heteroatoms. The first-order chi connectivity index (χ1) is 15.0. The SMILES string of the molecule is CCOC(=O)C(Cc1ccc(OCCn2c(C)ccc2-c2ccc(Cl)s2)cc1)OCC. The number of hydrogen-bond donors (Lipinski definition) is 0. The zero-order valence-corrected chi connectivity index (χ0v) is 19.7. The van der Waals surface area contributed by atoms with Crippen LogP contribution >= 0.6 is 22.9 Å². The van der Waals surface area contributed by atoms with E-state index in [1.165, 1.54) is 5.69 Å². The van der Waals surface area contributed by atoms with Crippen molar-refractivity contribution in [3.05, 3.63) is 64.1 Å². The second-order valence-electron chi connectivity index (χ2n) is 7.01. The summed E-state index contributed by atoms with van der Waals surface area (Å²) in [5.41, 5.74) is 3.32. The Morgan fingerprint density at radius 2 is 1.84 bits per heavy atom. The Bertz CT molecular complexity index is 980. The summed E-state index contributed by atoms with van der Waals surface area (Å²) in [5, 5.41) is 0. The molecule has 3 rings (SSSR count). The third kappa shape index (κ3) is 6.35. The van der Waals surface area contributed by atoms with E-state index in [0.717, 1.165) is 32.8 Å². The zero-order chi connectivity index (χ0) is 22.2. The zero-order valence-electron chi connectivity index (χ0n) is 18.1. The van der Waals surface area contributed by atoms with Gasteiger partial charge in [-0.3, -0.25) is 0 Å². The fraction of sp³-hybridized carbons (Fsp3) is 0.375. The Morgan fingerprint density at radius 1 is 1.06 bits per heavy atom. The van der Waals surface area contributed by atoms with Gasteiger partial charge in [0.1, 0.15) is 12.4 Å². The fourth-order valence-corrected chi connectivity index (χ4v) is 4.45. The second kappa shape index (κ2) is 11.4. The van der Waals surface area contributed by atoms with E-state index in [2.05, 4.69) is 23.6 Å². The number of aromatic nitrogens is 1. The van der Waals surface area contributed by atoms with Crippen LogP contribution in [-0.4, -0.2) is 36.5 Å². The summed E-state index contributed by atoms with van der Waals surface area (Å²) in [6.07, 6.45) is -0.111. The lowest BCUT2D eigenvalue weighted by Gasteiger charge is -2.16. The molecular weight excluding hydrogens is 434 g/mol. The number of ether oxygens (including phenoxy) is 3. The lowest BCUT2D eigenvalue weighted by molar-refractivity contribution is -0.156. The Labute approximate surface area is 192 Å². The molecule has 0 aliphatic carbocycles. The van der Waals surface area contributed by atoms with Gasteiger partial charge in [0, 0.05) is 18.7 Å². The molecule has 0 bridgehead atoms. The summed E-state index contributed by atoms with van der Waals surface area (Å²) in [6.45, 7) is 7.84. The molecule has 1 unspecified atom stereocenters. The summed E-state index contributed by atoms with van der Waals surface area (Å²) >= 11 is 7.67. The lowest BCUT2D eigenvalue weighted by Crippen LogP contribution is -2.28. The van der Waals surface area contributed by atoms with Crippen molar-refractivity contribution in [2.24, 2.45) is 0 Å². The molecule has 5 nitrogen and oxygen atoms in total. The van der Waals surface area contributed by atoms with Crippen molar-refractivity contribution in [1.29, 1.82) is 0 Å². The van der Waals surface area contributed by atoms with Gasteiger partial charge in [0.25, 0.3) is 0 Å². The Hall–Kier alpha value is -2.28. The summed E-state index contributed by atoms with van der Waals surface area (Å²) in [6, 6.07) is 16.0. The molecule has 2 aromatic heterocycles. The minimum atomic E-state index is -0.586. The number of carbonyl (C=O) groups excluding carboxylic acids is 1. The van der Waals surface area contributed by atoms with E-state index >= 15 is 0 Å². The summed E-state index contributed by atoms with van der Waals surface area (Å²) in [5.74, 6) is 0.466. The molecule has 0 saturated carbocycles. The third-order valence-corrected chi connectivity index (χ3v) is 6.12. The van der Waals surface area contributed by atoms with Gasteiger partial charge in [-0.15, -0.1) is 11.3 Å². The van der Waals surface area contributed by atoms with Gasteiger partial charge in [-0.25, -0.2) is 4.79 Å². The lowest BCUT2D eigenvalue weighted by atomic mass is 10.1. The fourth-order valence-electron chi connectivity index (χ4n) is 3.37. The number of esters is 1. The number of aryl methyl sites for hydroxylation is 1. The van der Waals surface area contributed by atoms with Crippen LogP contribution in [0.2, 0.25) is 4.34 Å². The molecule has 0 aliphatic rings. The molecule has 0 amide bonds. The minimum absolute atomic E-state index is 0.324. The average molecular weight is 462 g/mol. The molecule has 1 atom stereocenters. The molecule has 1 aromatic carbocycles. The third-order valence-electron chi connectivity index (χ3n) is 4.87. The normalized spacial score (nSPS) is 12.0. The molecule has 0 saturated heterocycles. The van der Waals surface area contributed by atoms with Crippen molar-refractivity contribution in [3.63, 3.8) is 0 Å². The number of nitrogens with zero attached hydrogens (tertiary/aromatic N) is 1. The minimum Gasteiger partial charge on any atom is -0.492 e. The predicted molar refractivity (Wildman–Crippen MR) is 125 cm³/mol. The van der Waals surface area contributed by atoms with E-state index in [4.69, 9.17) is 25.8 Å². The maximum Gasteiger partial charge on any atom is 0.335 e. The highest BCUT2D eigenvalue weighted by atomic mass is 35.5. The highest BCUT2D eigenvalue weighted by molar-refractivity contribution is 7.19. The van der Waals surface area contributed by atoms with E-state index in [9.17, 15) is 4.79 Å². The maximum absolute atomic E-state index is 12.0. The van der Waals surface area contributed by atoms with Crippen LogP contribution < -0.4 is 4.74 Å². The van der Waals surface area contributed by atoms with E-state index in [-0.39, 0.29) is 5.97 Å². The molecule has 0 N–H and O–H groups in total. The average Bonchev–Trinajstić information content (AvgIpc) is 3.34. The van der Waals surface area contributed by atoms with Gasteiger partial charge in [0.15, 0.2) is 6.10 Å². The molecule has 0 aliphatic heterocycles. The number of benzene rings is 1. The van der Waals surface area contributed by atoms with Crippen molar-refractivity contribution < 1.29 is 19.0 Å². The van der Waals surface area contributed by atoms with Crippen LogP contribution in [0.5, 0.6) is 5.75 Å². The van der Waals surface area contributed by atoms with Gasteiger partial charge in [0.2, 0.25) is 0 Å². The Balaban J connectivity index is 1.57. The standard InChI is InChI=1S/C24H28ClNO4S/c1-4-28-21(24(27)29-5-2)16-18-7-9-19(10-8-18)30-15-14-26-17(3)6-11-20(26)22-12-13-23(25)31-22/h6-13,21H,4-5,14-16H2,1-3H3. The first-order valence-corrected chi connectivity index (χ1v) is 11.6. The van der Waals surface area contributed by atoms with Gasteiger partial charge in [-0.1, -0.05) is 23.7 Å². The molecule has 31 heavy (non-hydrogen) atoms. The van der Waals surface area contributed by atoms with Crippen molar-refractivity contribution in [2.45, 2.75) is 39.8 Å². The monoisotopic (exact) mass is 461 g/mol. The van der Waals surface area contributed by atoms with E-state index < -0.39 is 6.10 Å². The van der Waals surface area contributed by atoms with E-state index in [0.29, 0.717) is 26.2 Å². The van der Waals surface area contributed by atoms with E-state index in [1.807, 2.05) is 43.3 Å². The number of rotatable bonds is 11. The number of thiophene rings is 1. The van der Waals surface area contributed by atoms with Crippen molar-refractivity contribution in [3.8, 4) is 16.3 Å². The van der Waals surface area contributed by atoms with Crippen LogP contribution in [-0.2, 0) is 27.2 Å². The van der Waals surface area contributed by atoms with Crippen molar-refractivity contribution in [2.75, 3.05) is 19.8 Å².